The molecular formula is C21H29N3O3. The van der Waals surface area contributed by atoms with Crippen LogP contribution in [0.25, 0.3) is 0 Å². The number of nitrogens with one attached hydrogen (secondary N) is 2. The van der Waals surface area contributed by atoms with Gasteiger partial charge in [0.25, 0.3) is 5.91 Å². The first kappa shape index (κ1) is 19.4. The van der Waals surface area contributed by atoms with E-state index in [2.05, 4.69) is 29.7 Å². The van der Waals surface area contributed by atoms with Gasteiger partial charge in [-0.3, -0.25) is 14.5 Å². The second-order valence-corrected chi connectivity index (χ2v) is 7.73. The van der Waals surface area contributed by atoms with Crippen LogP contribution < -0.4 is 10.6 Å². The van der Waals surface area contributed by atoms with Gasteiger partial charge in [0, 0.05) is 19.5 Å². The van der Waals surface area contributed by atoms with Crippen molar-refractivity contribution in [1.82, 2.24) is 15.5 Å². The zero-order chi connectivity index (χ0) is 19.3. The molecule has 0 aromatic heterocycles. The molecule has 1 unspecified atom stereocenters. The summed E-state index contributed by atoms with van der Waals surface area (Å²) >= 11 is 0. The maximum atomic E-state index is 12.7. The summed E-state index contributed by atoms with van der Waals surface area (Å²) in [4.78, 5) is 38.2. The van der Waals surface area contributed by atoms with Crippen molar-refractivity contribution in [2.24, 2.45) is 0 Å². The first-order chi connectivity index (χ1) is 13.0. The minimum Gasteiger partial charge on any atom is -0.356 e. The average Bonchev–Trinajstić information content (AvgIpc) is 2.90. The third-order valence-electron chi connectivity index (χ3n) is 5.78. The molecule has 1 saturated heterocycles. The van der Waals surface area contributed by atoms with Gasteiger partial charge < -0.3 is 10.6 Å². The summed E-state index contributed by atoms with van der Waals surface area (Å²) in [5.41, 5.74) is 0.542. The summed E-state index contributed by atoms with van der Waals surface area (Å²) in [6.45, 7) is 2.86. The Morgan fingerprint density at radius 1 is 1.19 bits per heavy atom. The quantitative estimate of drug-likeness (QED) is 0.724. The van der Waals surface area contributed by atoms with Crippen LogP contribution in [0, 0.1) is 0 Å². The molecule has 2 aliphatic rings. The maximum Gasteiger partial charge on any atom is 0.325 e. The lowest BCUT2D eigenvalue weighted by Crippen LogP contribution is -2.48. The maximum absolute atomic E-state index is 12.7. The van der Waals surface area contributed by atoms with E-state index in [1.54, 1.807) is 0 Å². The van der Waals surface area contributed by atoms with E-state index in [1.165, 1.54) is 10.5 Å². The standard InChI is InChI=1S/C21H29N3O3/c1-16(17-8-4-2-5-9-17)10-14-22-18(25)11-15-24-19(26)21(23-20(24)27)12-6-3-7-13-21/h2,4-5,8-9,16H,3,6-7,10-15H2,1H3,(H,22,25)(H,23,27). The highest BCUT2D eigenvalue weighted by Crippen LogP contribution is 2.33. The zero-order valence-electron chi connectivity index (χ0n) is 16.0. The SMILES string of the molecule is CC(CCNC(=O)CCN1C(=O)NC2(CCCCC2)C1=O)c1ccccc1. The molecule has 6 nitrogen and oxygen atoms in total. The fourth-order valence-corrected chi connectivity index (χ4v) is 4.05. The molecule has 146 valence electrons. The number of urea groups is 1. The lowest BCUT2D eigenvalue weighted by molar-refractivity contribution is -0.132. The number of rotatable bonds is 7. The first-order valence-corrected chi connectivity index (χ1v) is 9.97. The van der Waals surface area contributed by atoms with E-state index in [-0.39, 0.29) is 30.8 Å². The molecule has 1 spiro atoms. The van der Waals surface area contributed by atoms with Crippen LogP contribution >= 0.6 is 0 Å². The molecule has 2 fully saturated rings. The molecule has 0 radical (unpaired) electrons. The molecule has 2 N–H and O–H groups in total. The van der Waals surface area contributed by atoms with E-state index < -0.39 is 5.54 Å². The van der Waals surface area contributed by atoms with Crippen molar-refractivity contribution in [3.8, 4) is 0 Å². The Balaban J connectivity index is 1.41. The molecule has 1 saturated carbocycles. The normalized spacial score (nSPS) is 19.8. The van der Waals surface area contributed by atoms with E-state index in [9.17, 15) is 14.4 Å². The molecule has 1 aromatic carbocycles. The molecular weight excluding hydrogens is 342 g/mol. The van der Waals surface area contributed by atoms with Crippen LogP contribution in [-0.4, -0.2) is 41.4 Å². The number of benzene rings is 1. The van der Waals surface area contributed by atoms with Crippen molar-refractivity contribution in [2.45, 2.75) is 63.3 Å². The van der Waals surface area contributed by atoms with Gasteiger partial charge >= 0.3 is 6.03 Å². The van der Waals surface area contributed by atoms with Crippen molar-refractivity contribution in [1.29, 1.82) is 0 Å². The Bertz CT molecular complexity index is 683. The predicted octanol–water partition coefficient (Wildman–Crippen LogP) is 2.94. The van der Waals surface area contributed by atoms with E-state index >= 15 is 0 Å². The second kappa shape index (κ2) is 8.55. The highest BCUT2D eigenvalue weighted by atomic mass is 16.2. The third kappa shape index (κ3) is 4.49. The van der Waals surface area contributed by atoms with Crippen LogP contribution in [0.4, 0.5) is 4.79 Å². The van der Waals surface area contributed by atoms with E-state index in [0.717, 1.165) is 25.7 Å². The van der Waals surface area contributed by atoms with Crippen molar-refractivity contribution in [2.75, 3.05) is 13.1 Å². The first-order valence-electron chi connectivity index (χ1n) is 9.97. The largest absolute Gasteiger partial charge is 0.356 e. The van der Waals surface area contributed by atoms with Crippen LogP contribution in [0.2, 0.25) is 0 Å². The van der Waals surface area contributed by atoms with E-state index in [4.69, 9.17) is 0 Å². The smallest absolute Gasteiger partial charge is 0.325 e. The minimum atomic E-state index is -0.711. The number of hydrogen-bond acceptors (Lipinski definition) is 3. The Kier molecular flexibility index (Phi) is 6.14. The Labute approximate surface area is 160 Å². The van der Waals surface area contributed by atoms with Gasteiger partial charge in [0.2, 0.25) is 5.91 Å². The van der Waals surface area contributed by atoms with Crippen LogP contribution in [0.5, 0.6) is 0 Å². The summed E-state index contributed by atoms with van der Waals surface area (Å²) in [6.07, 6.45) is 5.43. The number of imide groups is 1. The Morgan fingerprint density at radius 2 is 1.89 bits per heavy atom. The van der Waals surface area contributed by atoms with Gasteiger partial charge in [-0.1, -0.05) is 56.5 Å². The lowest BCUT2D eigenvalue weighted by Gasteiger charge is -2.30. The fraction of sp³-hybridized carbons (Fsp3) is 0.571. The summed E-state index contributed by atoms with van der Waals surface area (Å²) in [6, 6.07) is 9.84. The van der Waals surface area contributed by atoms with Gasteiger partial charge in [-0.2, -0.15) is 0 Å². The van der Waals surface area contributed by atoms with E-state index in [1.807, 2.05) is 18.2 Å². The number of carbonyl (C=O) groups is 3. The molecule has 27 heavy (non-hydrogen) atoms. The molecule has 1 heterocycles. The van der Waals surface area contributed by atoms with Crippen molar-refractivity contribution in [3.05, 3.63) is 35.9 Å². The molecule has 4 amide bonds. The van der Waals surface area contributed by atoms with Gasteiger partial charge in [-0.05, 0) is 30.7 Å². The van der Waals surface area contributed by atoms with Gasteiger partial charge in [0.15, 0.2) is 0 Å². The molecule has 1 aliphatic heterocycles. The average molecular weight is 371 g/mol. The van der Waals surface area contributed by atoms with Crippen LogP contribution in [-0.2, 0) is 9.59 Å². The topological polar surface area (TPSA) is 78.5 Å². The zero-order valence-corrected chi connectivity index (χ0v) is 16.0. The number of hydrogen-bond donors (Lipinski definition) is 2. The predicted molar refractivity (Wildman–Crippen MR) is 103 cm³/mol. The Hall–Kier alpha value is -2.37. The minimum absolute atomic E-state index is 0.125. The molecule has 0 bridgehead atoms. The highest BCUT2D eigenvalue weighted by molar-refractivity contribution is 6.07. The molecule has 1 atom stereocenters. The summed E-state index contributed by atoms with van der Waals surface area (Å²) in [5.74, 6) is 0.0850. The number of amides is 4. The van der Waals surface area contributed by atoms with Crippen LogP contribution in [0.3, 0.4) is 0 Å². The monoisotopic (exact) mass is 371 g/mol. The van der Waals surface area contributed by atoms with Gasteiger partial charge in [0.1, 0.15) is 5.54 Å². The summed E-state index contributed by atoms with van der Waals surface area (Å²) < 4.78 is 0. The summed E-state index contributed by atoms with van der Waals surface area (Å²) in [5, 5.41) is 5.77. The fourth-order valence-electron chi connectivity index (χ4n) is 4.05. The molecule has 1 aromatic rings. The van der Waals surface area contributed by atoms with Gasteiger partial charge in [-0.25, -0.2) is 4.79 Å². The summed E-state index contributed by atoms with van der Waals surface area (Å²) in [7, 11) is 0. The van der Waals surface area contributed by atoms with Crippen LogP contribution in [0.1, 0.15) is 63.4 Å². The van der Waals surface area contributed by atoms with Crippen molar-refractivity contribution >= 4 is 17.8 Å². The van der Waals surface area contributed by atoms with Gasteiger partial charge in [0.05, 0.1) is 0 Å². The van der Waals surface area contributed by atoms with Crippen molar-refractivity contribution in [3.63, 3.8) is 0 Å². The van der Waals surface area contributed by atoms with E-state index in [0.29, 0.717) is 25.3 Å². The molecule has 6 heteroatoms. The highest BCUT2D eigenvalue weighted by Gasteiger charge is 2.50. The third-order valence-corrected chi connectivity index (χ3v) is 5.78. The molecule has 1 aliphatic carbocycles. The lowest BCUT2D eigenvalue weighted by atomic mass is 9.82. The van der Waals surface area contributed by atoms with Crippen molar-refractivity contribution < 1.29 is 14.4 Å². The van der Waals surface area contributed by atoms with Crippen LogP contribution in [0.15, 0.2) is 30.3 Å². The van der Waals surface area contributed by atoms with Gasteiger partial charge in [-0.15, -0.1) is 0 Å². The molecule has 3 rings (SSSR count). The second-order valence-electron chi connectivity index (χ2n) is 7.73. The Morgan fingerprint density at radius 3 is 2.59 bits per heavy atom. The number of carbonyl (C=O) groups excluding carboxylic acids is 3. The number of nitrogens with zero attached hydrogens (tertiary/aromatic N) is 1.